The normalized spacial score (nSPS) is 22.2. The Morgan fingerprint density at radius 1 is 1.03 bits per heavy atom. The summed E-state index contributed by atoms with van der Waals surface area (Å²) in [6.45, 7) is 16.5. The Bertz CT molecular complexity index is 1140. The number of sulfonamides is 1. The predicted molar refractivity (Wildman–Crippen MR) is 145 cm³/mol. The van der Waals surface area contributed by atoms with Crippen LogP contribution in [0.2, 0.25) is 0 Å². The van der Waals surface area contributed by atoms with E-state index in [4.69, 9.17) is 0 Å². The van der Waals surface area contributed by atoms with Crippen molar-refractivity contribution >= 4 is 26.8 Å². The van der Waals surface area contributed by atoms with Gasteiger partial charge in [0.25, 0.3) is 5.91 Å². The number of rotatable bonds is 9. The van der Waals surface area contributed by atoms with Gasteiger partial charge in [-0.15, -0.1) is 0 Å². The Kier molecular flexibility index (Phi) is 8.75. The van der Waals surface area contributed by atoms with Crippen molar-refractivity contribution in [3.8, 4) is 0 Å². The maximum atomic E-state index is 13.5. The van der Waals surface area contributed by atoms with Gasteiger partial charge in [-0.1, -0.05) is 13.8 Å². The third-order valence-corrected chi connectivity index (χ3v) is 9.51. The molecule has 8 nitrogen and oxygen atoms in total. The van der Waals surface area contributed by atoms with Gasteiger partial charge in [-0.25, -0.2) is 8.42 Å². The largest absolute Gasteiger partial charge is 0.338 e. The van der Waals surface area contributed by atoms with E-state index < -0.39 is 10.0 Å². The first-order chi connectivity index (χ1) is 17.2. The minimum Gasteiger partial charge on any atom is -0.338 e. The molecule has 36 heavy (non-hydrogen) atoms. The van der Waals surface area contributed by atoms with Crippen LogP contribution < -0.4 is 5.32 Å². The number of piperazine rings is 1. The van der Waals surface area contributed by atoms with Gasteiger partial charge in [0.2, 0.25) is 10.0 Å². The van der Waals surface area contributed by atoms with E-state index >= 15 is 0 Å². The summed E-state index contributed by atoms with van der Waals surface area (Å²) in [7, 11) is -3.58. The zero-order chi connectivity index (χ0) is 25.9. The lowest BCUT2D eigenvalue weighted by Crippen LogP contribution is -2.43. The average molecular weight is 518 g/mol. The molecular weight excluding hydrogens is 474 g/mol. The number of hydrogen-bond donors (Lipinski definition) is 1. The molecule has 1 aromatic heterocycles. The van der Waals surface area contributed by atoms with Gasteiger partial charge < -0.3 is 19.7 Å². The maximum Gasteiger partial charge on any atom is 0.270 e. The fraction of sp³-hybridized carbons (Fsp3) is 0.667. The summed E-state index contributed by atoms with van der Waals surface area (Å²) in [5, 5.41) is 4.20. The number of fused-ring (bicyclic) bond motifs is 1. The van der Waals surface area contributed by atoms with E-state index in [9.17, 15) is 13.2 Å². The third kappa shape index (κ3) is 5.79. The molecule has 0 bridgehead atoms. The Labute approximate surface area is 216 Å². The van der Waals surface area contributed by atoms with Crippen LogP contribution in [0.25, 0.3) is 10.9 Å². The van der Waals surface area contributed by atoms with Crippen LogP contribution in [0.1, 0.15) is 51.0 Å². The topological polar surface area (TPSA) is 77.9 Å². The van der Waals surface area contributed by atoms with E-state index in [0.717, 1.165) is 63.0 Å². The van der Waals surface area contributed by atoms with Crippen molar-refractivity contribution in [2.24, 2.45) is 11.8 Å². The molecule has 9 heteroatoms. The minimum absolute atomic E-state index is 0.00135. The summed E-state index contributed by atoms with van der Waals surface area (Å²) in [6.07, 6.45) is 1.99. The lowest BCUT2D eigenvalue weighted by atomic mass is 9.94. The number of nitrogens with zero attached hydrogens (tertiary/aromatic N) is 4. The standard InChI is InChI=1S/C27H43N5O3S/c1-5-30(6-2)27(33)26-18-23-17-24(36(34,35)31-19-21(3)16-22(4)20-31)8-9-25(23)32(26)13-7-12-29-14-10-28-11-15-29/h8-9,17-18,21-22,28H,5-7,10-16,19-20H2,1-4H3. The molecule has 0 radical (unpaired) electrons. The first-order valence-corrected chi connectivity index (χ1v) is 15.0. The molecule has 2 aromatic rings. The van der Waals surface area contributed by atoms with E-state index in [0.29, 0.717) is 48.6 Å². The average Bonchev–Trinajstić information content (AvgIpc) is 3.22. The fourth-order valence-corrected chi connectivity index (χ4v) is 7.55. The number of amides is 1. The molecule has 2 unspecified atom stereocenters. The van der Waals surface area contributed by atoms with Crippen molar-refractivity contribution < 1.29 is 13.2 Å². The van der Waals surface area contributed by atoms with Crippen LogP contribution in [-0.2, 0) is 16.6 Å². The molecule has 200 valence electrons. The van der Waals surface area contributed by atoms with Crippen LogP contribution in [0.3, 0.4) is 0 Å². The Morgan fingerprint density at radius 3 is 2.33 bits per heavy atom. The summed E-state index contributed by atoms with van der Waals surface area (Å²) in [4.78, 5) is 18.0. The second-order valence-corrected chi connectivity index (χ2v) is 12.5. The highest BCUT2D eigenvalue weighted by Gasteiger charge is 2.32. The van der Waals surface area contributed by atoms with E-state index in [-0.39, 0.29) is 5.91 Å². The van der Waals surface area contributed by atoms with E-state index in [1.165, 1.54) is 0 Å². The summed E-state index contributed by atoms with van der Waals surface area (Å²) in [6, 6.07) is 7.27. The van der Waals surface area contributed by atoms with Gasteiger partial charge in [-0.3, -0.25) is 4.79 Å². The molecule has 2 fully saturated rings. The van der Waals surface area contributed by atoms with Crippen molar-refractivity contribution in [3.05, 3.63) is 30.0 Å². The van der Waals surface area contributed by atoms with Crippen LogP contribution >= 0.6 is 0 Å². The number of aromatic nitrogens is 1. The number of piperidine rings is 1. The zero-order valence-corrected chi connectivity index (χ0v) is 23.2. The Morgan fingerprint density at radius 2 is 1.69 bits per heavy atom. The highest BCUT2D eigenvalue weighted by Crippen LogP contribution is 2.30. The minimum atomic E-state index is -3.58. The summed E-state index contributed by atoms with van der Waals surface area (Å²) < 4.78 is 30.8. The Hall–Kier alpha value is -1.94. The summed E-state index contributed by atoms with van der Waals surface area (Å²) >= 11 is 0. The van der Waals surface area contributed by atoms with Crippen molar-refractivity contribution in [2.75, 3.05) is 58.9 Å². The maximum absolute atomic E-state index is 13.5. The van der Waals surface area contributed by atoms with Gasteiger partial charge in [-0.05, 0) is 69.3 Å². The molecule has 2 atom stereocenters. The number of aryl methyl sites for hydroxylation is 1. The van der Waals surface area contributed by atoms with Crippen molar-refractivity contribution in [1.29, 1.82) is 0 Å². The van der Waals surface area contributed by atoms with Gasteiger partial charge in [0.05, 0.1) is 4.90 Å². The first-order valence-electron chi connectivity index (χ1n) is 13.6. The SMILES string of the molecule is CCN(CC)C(=O)c1cc2cc(S(=O)(=O)N3CC(C)CC(C)C3)ccc2n1CCCN1CCNCC1. The highest BCUT2D eigenvalue weighted by molar-refractivity contribution is 7.89. The molecular formula is C27H43N5O3S. The van der Waals surface area contributed by atoms with Crippen molar-refractivity contribution in [3.63, 3.8) is 0 Å². The fourth-order valence-electron chi connectivity index (χ4n) is 5.84. The van der Waals surface area contributed by atoms with Gasteiger partial charge in [0.1, 0.15) is 5.69 Å². The third-order valence-electron chi connectivity index (χ3n) is 7.68. The van der Waals surface area contributed by atoms with Gasteiger partial charge in [-0.2, -0.15) is 4.31 Å². The van der Waals surface area contributed by atoms with Crippen LogP contribution in [0.5, 0.6) is 0 Å². The smallest absolute Gasteiger partial charge is 0.270 e. The number of hydrogen-bond acceptors (Lipinski definition) is 5. The molecule has 2 saturated heterocycles. The highest BCUT2D eigenvalue weighted by atomic mass is 32.2. The van der Waals surface area contributed by atoms with Crippen LogP contribution in [0.4, 0.5) is 0 Å². The van der Waals surface area contributed by atoms with Gasteiger partial charge in [0, 0.05) is 69.8 Å². The van der Waals surface area contributed by atoms with Crippen LogP contribution in [0.15, 0.2) is 29.2 Å². The molecule has 1 amide bonds. The molecule has 3 heterocycles. The molecule has 4 rings (SSSR count). The summed E-state index contributed by atoms with van der Waals surface area (Å²) in [5.74, 6) is 0.700. The second kappa shape index (κ2) is 11.6. The van der Waals surface area contributed by atoms with E-state index in [2.05, 4.69) is 28.6 Å². The van der Waals surface area contributed by atoms with Crippen molar-refractivity contribution in [1.82, 2.24) is 24.0 Å². The first kappa shape index (κ1) is 27.1. The molecule has 1 N–H and O–H groups in total. The van der Waals surface area contributed by atoms with Crippen molar-refractivity contribution in [2.45, 2.75) is 52.0 Å². The monoisotopic (exact) mass is 517 g/mol. The molecule has 1 aromatic carbocycles. The number of nitrogens with one attached hydrogen (secondary N) is 1. The van der Waals surface area contributed by atoms with E-state index in [1.54, 1.807) is 16.4 Å². The predicted octanol–water partition coefficient (Wildman–Crippen LogP) is 3.09. The summed E-state index contributed by atoms with van der Waals surface area (Å²) in [5.41, 5.74) is 1.56. The quantitative estimate of drug-likeness (QED) is 0.553. The number of benzene rings is 1. The molecule has 0 aliphatic carbocycles. The molecule has 0 saturated carbocycles. The second-order valence-electron chi connectivity index (χ2n) is 10.6. The lowest BCUT2D eigenvalue weighted by Gasteiger charge is -2.34. The number of carbonyl (C=O) groups excluding carboxylic acids is 1. The van der Waals surface area contributed by atoms with Crippen LogP contribution in [0, 0.1) is 11.8 Å². The number of carbonyl (C=O) groups is 1. The van der Waals surface area contributed by atoms with Gasteiger partial charge in [0.15, 0.2) is 0 Å². The van der Waals surface area contributed by atoms with Gasteiger partial charge >= 0.3 is 0 Å². The molecule has 2 aliphatic rings. The zero-order valence-electron chi connectivity index (χ0n) is 22.4. The van der Waals surface area contributed by atoms with Crippen LogP contribution in [-0.4, -0.2) is 91.9 Å². The van der Waals surface area contributed by atoms with E-state index in [1.807, 2.05) is 30.9 Å². The molecule has 0 spiro atoms. The Balaban J connectivity index is 1.65. The molecule has 2 aliphatic heterocycles. The lowest BCUT2D eigenvalue weighted by molar-refractivity contribution is 0.0762.